The van der Waals surface area contributed by atoms with Crippen LogP contribution in [-0.4, -0.2) is 24.2 Å². The largest absolute Gasteiger partial charge is 0.396 e. The van der Waals surface area contributed by atoms with Gasteiger partial charge in [0.25, 0.3) is 5.91 Å². The molecule has 100 valence electrons. The molecule has 0 fully saturated rings. The second-order valence-electron chi connectivity index (χ2n) is 4.76. The molecule has 0 aliphatic rings. The summed E-state index contributed by atoms with van der Waals surface area (Å²) in [7, 11) is 0. The van der Waals surface area contributed by atoms with Crippen LogP contribution in [-0.2, 0) is 0 Å². The summed E-state index contributed by atoms with van der Waals surface area (Å²) >= 11 is 0. The van der Waals surface area contributed by atoms with Crippen LogP contribution < -0.4 is 5.32 Å². The van der Waals surface area contributed by atoms with E-state index in [-0.39, 0.29) is 12.5 Å². The highest BCUT2D eigenvalue weighted by Gasteiger charge is 2.13. The second-order valence-corrected chi connectivity index (χ2v) is 4.76. The Morgan fingerprint density at radius 1 is 1.33 bits per heavy atom. The Kier molecular flexibility index (Phi) is 5.86. The predicted octanol–water partition coefficient (Wildman–Crippen LogP) is 2.44. The monoisotopic (exact) mass is 249 g/mol. The Labute approximate surface area is 109 Å². The van der Waals surface area contributed by atoms with E-state index in [4.69, 9.17) is 5.11 Å². The van der Waals surface area contributed by atoms with E-state index in [2.05, 4.69) is 12.2 Å². The topological polar surface area (TPSA) is 49.3 Å². The van der Waals surface area contributed by atoms with Crippen molar-refractivity contribution in [3.05, 3.63) is 34.9 Å². The minimum absolute atomic E-state index is 0.0120. The van der Waals surface area contributed by atoms with Crippen molar-refractivity contribution in [2.75, 3.05) is 13.2 Å². The van der Waals surface area contributed by atoms with Gasteiger partial charge in [-0.05, 0) is 37.3 Å². The highest BCUT2D eigenvalue weighted by molar-refractivity contribution is 5.97. The molecule has 1 aromatic carbocycles. The first-order valence-corrected chi connectivity index (χ1v) is 6.55. The van der Waals surface area contributed by atoms with Gasteiger partial charge in [-0.15, -0.1) is 0 Å². The number of carbonyl (C=O) groups is 1. The lowest BCUT2D eigenvalue weighted by Crippen LogP contribution is -2.30. The Balaban J connectivity index is 2.65. The number of hydrogen-bond acceptors (Lipinski definition) is 2. The summed E-state index contributed by atoms with van der Waals surface area (Å²) in [5.41, 5.74) is 2.78. The van der Waals surface area contributed by atoms with Crippen LogP contribution in [0.25, 0.3) is 0 Å². The van der Waals surface area contributed by atoms with Crippen molar-refractivity contribution in [2.45, 2.75) is 33.6 Å². The molecule has 0 aromatic heterocycles. The van der Waals surface area contributed by atoms with Crippen LogP contribution in [0.3, 0.4) is 0 Å². The number of amides is 1. The third kappa shape index (κ3) is 3.84. The molecule has 18 heavy (non-hydrogen) atoms. The number of carbonyl (C=O) groups excluding carboxylic acids is 1. The van der Waals surface area contributed by atoms with Gasteiger partial charge in [-0.1, -0.05) is 31.5 Å². The Morgan fingerprint density at radius 2 is 1.94 bits per heavy atom. The summed E-state index contributed by atoms with van der Waals surface area (Å²) in [6.45, 7) is 6.78. The molecule has 1 rings (SSSR count). The van der Waals surface area contributed by atoms with E-state index >= 15 is 0 Å². The molecule has 0 radical (unpaired) electrons. The van der Waals surface area contributed by atoms with E-state index < -0.39 is 0 Å². The van der Waals surface area contributed by atoms with Crippen molar-refractivity contribution in [1.29, 1.82) is 0 Å². The van der Waals surface area contributed by atoms with Gasteiger partial charge in [0.05, 0.1) is 0 Å². The molecule has 0 saturated carbocycles. The van der Waals surface area contributed by atoms with Crippen molar-refractivity contribution in [3.63, 3.8) is 0 Å². The molecule has 1 unspecified atom stereocenters. The molecule has 1 amide bonds. The minimum Gasteiger partial charge on any atom is -0.396 e. The van der Waals surface area contributed by atoms with Gasteiger partial charge in [-0.3, -0.25) is 4.79 Å². The van der Waals surface area contributed by atoms with Crippen molar-refractivity contribution in [2.24, 2.45) is 5.92 Å². The number of aliphatic hydroxyl groups is 1. The van der Waals surface area contributed by atoms with Crippen LogP contribution in [0.5, 0.6) is 0 Å². The second kappa shape index (κ2) is 7.17. The number of rotatable bonds is 6. The van der Waals surface area contributed by atoms with Gasteiger partial charge in [0, 0.05) is 18.7 Å². The molecule has 0 aliphatic carbocycles. The van der Waals surface area contributed by atoms with Crippen LogP contribution in [0.2, 0.25) is 0 Å². The Hall–Kier alpha value is -1.35. The van der Waals surface area contributed by atoms with E-state index in [1.54, 1.807) is 0 Å². The van der Waals surface area contributed by atoms with Gasteiger partial charge < -0.3 is 10.4 Å². The highest BCUT2D eigenvalue weighted by Crippen LogP contribution is 2.13. The minimum atomic E-state index is -0.0120. The molecule has 3 heteroatoms. The van der Waals surface area contributed by atoms with Crippen LogP contribution >= 0.6 is 0 Å². The van der Waals surface area contributed by atoms with E-state index in [1.165, 1.54) is 0 Å². The van der Waals surface area contributed by atoms with Gasteiger partial charge in [0.2, 0.25) is 0 Å². The zero-order valence-corrected chi connectivity index (χ0v) is 11.5. The lowest BCUT2D eigenvalue weighted by atomic mass is 10.0. The van der Waals surface area contributed by atoms with Gasteiger partial charge in [0.1, 0.15) is 0 Å². The zero-order valence-electron chi connectivity index (χ0n) is 11.5. The first-order valence-electron chi connectivity index (χ1n) is 6.55. The van der Waals surface area contributed by atoms with Crippen LogP contribution in [0.1, 0.15) is 41.3 Å². The standard InChI is InChI=1S/C15H23NO2/c1-4-13(8-9-17)10-16-15(18)14-11(2)6-5-7-12(14)3/h5-7,13,17H,4,8-10H2,1-3H3,(H,16,18). The van der Waals surface area contributed by atoms with Crippen molar-refractivity contribution < 1.29 is 9.90 Å². The quantitative estimate of drug-likeness (QED) is 0.813. The molecule has 2 N–H and O–H groups in total. The molecule has 0 spiro atoms. The van der Waals surface area contributed by atoms with Crippen molar-refractivity contribution in [1.82, 2.24) is 5.32 Å². The number of aliphatic hydroxyl groups excluding tert-OH is 1. The van der Waals surface area contributed by atoms with Crippen molar-refractivity contribution in [3.8, 4) is 0 Å². The molecule has 0 aliphatic heterocycles. The third-order valence-corrected chi connectivity index (χ3v) is 3.37. The summed E-state index contributed by atoms with van der Waals surface area (Å²) < 4.78 is 0. The summed E-state index contributed by atoms with van der Waals surface area (Å²) in [4.78, 5) is 12.1. The molecular weight excluding hydrogens is 226 g/mol. The first kappa shape index (κ1) is 14.7. The smallest absolute Gasteiger partial charge is 0.251 e. The number of benzene rings is 1. The van der Waals surface area contributed by atoms with E-state index in [1.807, 2.05) is 32.0 Å². The molecule has 0 heterocycles. The Bertz CT molecular complexity index is 381. The highest BCUT2D eigenvalue weighted by atomic mass is 16.3. The van der Waals surface area contributed by atoms with E-state index in [0.29, 0.717) is 12.5 Å². The SMILES string of the molecule is CCC(CCO)CNC(=O)c1c(C)cccc1C. The molecule has 1 aromatic rings. The van der Waals surface area contributed by atoms with E-state index in [0.717, 1.165) is 29.5 Å². The summed E-state index contributed by atoms with van der Waals surface area (Å²) in [6, 6.07) is 5.86. The lowest BCUT2D eigenvalue weighted by Gasteiger charge is -2.16. The normalized spacial score (nSPS) is 12.2. The number of aryl methyl sites for hydroxylation is 2. The molecule has 3 nitrogen and oxygen atoms in total. The molecule has 0 saturated heterocycles. The molecular formula is C15H23NO2. The summed E-state index contributed by atoms with van der Waals surface area (Å²) in [5.74, 6) is 0.338. The Morgan fingerprint density at radius 3 is 2.44 bits per heavy atom. The van der Waals surface area contributed by atoms with Gasteiger partial charge in [0.15, 0.2) is 0 Å². The fourth-order valence-corrected chi connectivity index (χ4v) is 2.13. The average Bonchev–Trinajstić information content (AvgIpc) is 2.34. The van der Waals surface area contributed by atoms with Crippen LogP contribution in [0.15, 0.2) is 18.2 Å². The predicted molar refractivity (Wildman–Crippen MR) is 73.7 cm³/mol. The third-order valence-electron chi connectivity index (χ3n) is 3.37. The summed E-state index contributed by atoms with van der Waals surface area (Å²) in [6.07, 6.45) is 1.71. The summed E-state index contributed by atoms with van der Waals surface area (Å²) in [5, 5.41) is 11.9. The fraction of sp³-hybridized carbons (Fsp3) is 0.533. The van der Waals surface area contributed by atoms with Crippen LogP contribution in [0.4, 0.5) is 0 Å². The van der Waals surface area contributed by atoms with Crippen molar-refractivity contribution >= 4 is 5.91 Å². The van der Waals surface area contributed by atoms with Gasteiger partial charge >= 0.3 is 0 Å². The average molecular weight is 249 g/mol. The first-order chi connectivity index (χ1) is 8.60. The fourth-order valence-electron chi connectivity index (χ4n) is 2.13. The van der Waals surface area contributed by atoms with Gasteiger partial charge in [-0.2, -0.15) is 0 Å². The maximum Gasteiger partial charge on any atom is 0.251 e. The maximum absolute atomic E-state index is 12.1. The molecule has 1 atom stereocenters. The zero-order chi connectivity index (χ0) is 13.5. The molecule has 0 bridgehead atoms. The number of hydrogen-bond donors (Lipinski definition) is 2. The van der Waals surface area contributed by atoms with E-state index in [9.17, 15) is 4.79 Å². The van der Waals surface area contributed by atoms with Crippen LogP contribution in [0, 0.1) is 19.8 Å². The maximum atomic E-state index is 12.1. The number of nitrogens with one attached hydrogen (secondary N) is 1. The lowest BCUT2D eigenvalue weighted by molar-refractivity contribution is 0.0942. The van der Waals surface area contributed by atoms with Gasteiger partial charge in [-0.25, -0.2) is 0 Å².